The van der Waals surface area contributed by atoms with E-state index in [4.69, 9.17) is 0 Å². The van der Waals surface area contributed by atoms with Gasteiger partial charge in [0.15, 0.2) is 11.5 Å². The third-order valence-electron chi connectivity index (χ3n) is 5.63. The van der Waals surface area contributed by atoms with Gasteiger partial charge in [-0.15, -0.1) is 0 Å². The summed E-state index contributed by atoms with van der Waals surface area (Å²) in [6, 6.07) is 17.8. The summed E-state index contributed by atoms with van der Waals surface area (Å²) in [6.07, 6.45) is -4.33. The molecule has 8 heteroatoms. The lowest BCUT2D eigenvalue weighted by Gasteiger charge is -2.27. The minimum absolute atomic E-state index is 0.0254. The third kappa shape index (κ3) is 4.52. The molecule has 3 aromatic carbocycles. The highest BCUT2D eigenvalue weighted by Gasteiger charge is 2.44. The van der Waals surface area contributed by atoms with Gasteiger partial charge < -0.3 is 10.2 Å². The van der Waals surface area contributed by atoms with Gasteiger partial charge in [-0.05, 0) is 47.9 Å². The summed E-state index contributed by atoms with van der Waals surface area (Å²) in [5.74, 6) is -2.48. The lowest BCUT2D eigenvalue weighted by atomic mass is 9.93. The van der Waals surface area contributed by atoms with E-state index in [0.29, 0.717) is 6.42 Å². The van der Waals surface area contributed by atoms with Gasteiger partial charge in [-0.25, -0.2) is 0 Å². The van der Waals surface area contributed by atoms with Gasteiger partial charge in [0.05, 0.1) is 17.2 Å². The van der Waals surface area contributed by atoms with Crippen molar-refractivity contribution in [2.75, 3.05) is 4.90 Å². The molecular formula is C26H20F3NO4. The molecule has 5 nitrogen and oxygen atoms in total. The summed E-state index contributed by atoms with van der Waals surface area (Å²) in [5, 5.41) is 20.6. The number of rotatable bonds is 6. The summed E-state index contributed by atoms with van der Waals surface area (Å²) < 4.78 is 40.0. The van der Waals surface area contributed by atoms with E-state index in [9.17, 15) is 33.0 Å². The van der Waals surface area contributed by atoms with Gasteiger partial charge >= 0.3 is 6.18 Å². The van der Waals surface area contributed by atoms with E-state index in [1.807, 2.05) is 30.3 Å². The van der Waals surface area contributed by atoms with Crippen molar-refractivity contribution in [3.63, 3.8) is 0 Å². The van der Waals surface area contributed by atoms with Crippen LogP contribution < -0.4 is 4.90 Å². The molecule has 0 saturated heterocycles. The van der Waals surface area contributed by atoms with E-state index in [-0.39, 0.29) is 29.0 Å². The number of aromatic hydroxyl groups is 1. The fourth-order valence-corrected chi connectivity index (χ4v) is 4.04. The Morgan fingerprint density at radius 3 is 2.29 bits per heavy atom. The zero-order valence-electron chi connectivity index (χ0n) is 17.8. The zero-order valence-corrected chi connectivity index (χ0v) is 17.8. The molecule has 1 amide bonds. The van der Waals surface area contributed by atoms with Crippen LogP contribution in [0.3, 0.4) is 0 Å². The van der Waals surface area contributed by atoms with Crippen LogP contribution in [0.25, 0.3) is 0 Å². The van der Waals surface area contributed by atoms with Gasteiger partial charge in [-0.2, -0.15) is 13.2 Å². The number of amides is 1. The van der Waals surface area contributed by atoms with Crippen molar-refractivity contribution < 1.29 is 33.0 Å². The number of carbonyl (C=O) groups excluding carboxylic acids is 2. The molecule has 0 bridgehead atoms. The Hall–Kier alpha value is -4.07. The molecule has 0 aliphatic carbocycles. The number of phenolic OH excluding ortho intramolecular Hbond substituents is 1. The van der Waals surface area contributed by atoms with Gasteiger partial charge in [0.2, 0.25) is 0 Å². The Bertz CT molecular complexity index is 1270. The van der Waals surface area contributed by atoms with Crippen LogP contribution in [0.5, 0.6) is 5.75 Å². The van der Waals surface area contributed by atoms with Crippen molar-refractivity contribution in [3.05, 3.63) is 107 Å². The van der Waals surface area contributed by atoms with Crippen LogP contribution in [0.15, 0.2) is 90.2 Å². The number of hydrogen-bond acceptors (Lipinski definition) is 4. The van der Waals surface area contributed by atoms with Crippen LogP contribution >= 0.6 is 0 Å². The summed E-state index contributed by atoms with van der Waals surface area (Å²) in [6.45, 7) is 0. The van der Waals surface area contributed by atoms with Gasteiger partial charge in [-0.3, -0.25) is 14.5 Å². The second kappa shape index (κ2) is 9.05. The molecule has 0 fully saturated rings. The number of nitrogens with zero attached hydrogens (tertiary/aromatic N) is 1. The maximum absolute atomic E-state index is 13.3. The molecule has 3 aromatic rings. The van der Waals surface area contributed by atoms with E-state index in [1.54, 1.807) is 0 Å². The first-order chi connectivity index (χ1) is 16.2. The van der Waals surface area contributed by atoms with Gasteiger partial charge in [-0.1, -0.05) is 48.5 Å². The maximum Gasteiger partial charge on any atom is 0.416 e. The second-order valence-electron chi connectivity index (χ2n) is 7.89. The third-order valence-corrected chi connectivity index (χ3v) is 5.63. The predicted molar refractivity (Wildman–Crippen MR) is 119 cm³/mol. The summed E-state index contributed by atoms with van der Waals surface area (Å²) in [7, 11) is 0. The SMILES string of the molecule is O=C(CCc1ccccc1)C1=C(O)C(=O)N(c2cccc(C(F)(F)F)c2)C1c1cccc(O)c1. The quantitative estimate of drug-likeness (QED) is 0.501. The van der Waals surface area contributed by atoms with Crippen molar-refractivity contribution in [2.45, 2.75) is 25.1 Å². The topological polar surface area (TPSA) is 77.8 Å². The van der Waals surface area contributed by atoms with Crippen LogP contribution in [-0.4, -0.2) is 21.9 Å². The van der Waals surface area contributed by atoms with Crippen LogP contribution in [-0.2, 0) is 22.2 Å². The molecule has 34 heavy (non-hydrogen) atoms. The molecule has 0 saturated carbocycles. The van der Waals surface area contributed by atoms with Crippen molar-refractivity contribution in [2.24, 2.45) is 0 Å². The molecule has 1 aliphatic rings. The number of hydrogen-bond donors (Lipinski definition) is 2. The molecule has 0 spiro atoms. The van der Waals surface area contributed by atoms with Crippen LogP contribution in [0.4, 0.5) is 18.9 Å². The lowest BCUT2D eigenvalue weighted by Crippen LogP contribution is -2.31. The number of benzene rings is 3. The number of alkyl halides is 3. The van der Waals surface area contributed by atoms with E-state index < -0.39 is 35.2 Å². The number of ketones is 1. The smallest absolute Gasteiger partial charge is 0.416 e. The average Bonchev–Trinajstić information content (AvgIpc) is 3.08. The Morgan fingerprint density at radius 2 is 1.62 bits per heavy atom. The Kier molecular flexibility index (Phi) is 6.15. The standard InChI is InChI=1S/C26H20F3NO4/c27-26(28,29)18-9-5-10-19(15-18)30-23(17-8-4-11-20(31)14-17)22(24(33)25(30)34)21(32)13-12-16-6-2-1-3-7-16/h1-11,14-15,23,31,33H,12-13H2. The van der Waals surface area contributed by atoms with Gasteiger partial charge in [0.1, 0.15) is 5.75 Å². The molecule has 0 aromatic heterocycles. The Balaban J connectivity index is 1.76. The second-order valence-corrected chi connectivity index (χ2v) is 7.89. The minimum Gasteiger partial charge on any atom is -0.508 e. The van der Waals surface area contributed by atoms with Crippen molar-refractivity contribution >= 4 is 17.4 Å². The summed E-state index contributed by atoms with van der Waals surface area (Å²) >= 11 is 0. The number of carbonyl (C=O) groups is 2. The number of aliphatic hydroxyl groups excluding tert-OH is 1. The van der Waals surface area contributed by atoms with Gasteiger partial charge in [0.25, 0.3) is 5.91 Å². The first kappa shape index (κ1) is 23.1. The minimum atomic E-state index is -4.65. The van der Waals surface area contributed by atoms with E-state index >= 15 is 0 Å². The van der Waals surface area contributed by atoms with Crippen molar-refractivity contribution in [3.8, 4) is 5.75 Å². The van der Waals surface area contributed by atoms with Crippen LogP contribution in [0.1, 0.15) is 29.2 Å². The number of halogens is 3. The van der Waals surface area contributed by atoms with E-state index in [2.05, 4.69) is 0 Å². The molecule has 0 radical (unpaired) electrons. The van der Waals surface area contributed by atoms with Crippen molar-refractivity contribution in [1.29, 1.82) is 0 Å². The highest BCUT2D eigenvalue weighted by atomic mass is 19.4. The molecule has 2 N–H and O–H groups in total. The fourth-order valence-electron chi connectivity index (χ4n) is 4.04. The molecular weight excluding hydrogens is 447 g/mol. The number of anilines is 1. The zero-order chi connectivity index (χ0) is 24.5. The van der Waals surface area contributed by atoms with Gasteiger partial charge in [0, 0.05) is 12.1 Å². The highest BCUT2D eigenvalue weighted by molar-refractivity contribution is 6.16. The van der Waals surface area contributed by atoms with Crippen molar-refractivity contribution in [1.82, 2.24) is 0 Å². The lowest BCUT2D eigenvalue weighted by molar-refractivity contribution is -0.137. The molecule has 174 valence electrons. The first-order valence-corrected chi connectivity index (χ1v) is 10.5. The average molecular weight is 467 g/mol. The monoisotopic (exact) mass is 467 g/mol. The maximum atomic E-state index is 13.3. The number of Topliss-reactive ketones (excluding diaryl/α,β-unsaturated/α-hetero) is 1. The largest absolute Gasteiger partial charge is 0.508 e. The van der Waals surface area contributed by atoms with E-state index in [0.717, 1.165) is 28.7 Å². The summed E-state index contributed by atoms with van der Waals surface area (Å²) in [4.78, 5) is 27.2. The predicted octanol–water partition coefficient (Wildman–Crippen LogP) is 5.51. The molecule has 1 atom stereocenters. The highest BCUT2D eigenvalue weighted by Crippen LogP contribution is 2.43. The molecule has 1 unspecified atom stereocenters. The fraction of sp³-hybridized carbons (Fsp3) is 0.154. The number of phenols is 1. The van der Waals surface area contributed by atoms with E-state index in [1.165, 1.54) is 30.3 Å². The molecule has 1 aliphatic heterocycles. The van der Waals surface area contributed by atoms with Crippen LogP contribution in [0.2, 0.25) is 0 Å². The van der Waals surface area contributed by atoms with Crippen LogP contribution in [0, 0.1) is 0 Å². The molecule has 4 rings (SSSR count). The Labute approximate surface area is 193 Å². The normalized spacial score (nSPS) is 16.3. The molecule has 1 heterocycles. The summed E-state index contributed by atoms with van der Waals surface area (Å²) in [5.41, 5.74) is -0.174. The number of aryl methyl sites for hydroxylation is 1. The number of aliphatic hydroxyl groups is 1. The first-order valence-electron chi connectivity index (χ1n) is 10.5. The Morgan fingerprint density at radius 1 is 0.912 bits per heavy atom.